The predicted molar refractivity (Wildman–Crippen MR) is 82.3 cm³/mol. The zero-order valence-corrected chi connectivity index (χ0v) is 13.3. The highest BCUT2D eigenvalue weighted by molar-refractivity contribution is 7.19. The van der Waals surface area contributed by atoms with Crippen molar-refractivity contribution in [2.75, 3.05) is 37.9 Å². The van der Waals surface area contributed by atoms with Gasteiger partial charge in [0.05, 0.1) is 23.8 Å². The molecule has 1 aliphatic heterocycles. The second-order valence-corrected chi connectivity index (χ2v) is 6.02. The van der Waals surface area contributed by atoms with Gasteiger partial charge in [0.25, 0.3) is 0 Å². The van der Waals surface area contributed by atoms with E-state index in [2.05, 4.69) is 4.90 Å². The van der Waals surface area contributed by atoms with E-state index in [0.717, 1.165) is 19.4 Å². The van der Waals surface area contributed by atoms with Gasteiger partial charge in [-0.1, -0.05) is 0 Å². The summed E-state index contributed by atoms with van der Waals surface area (Å²) in [5.74, 6) is -0.653. The summed E-state index contributed by atoms with van der Waals surface area (Å²) in [6, 6.07) is 0. The van der Waals surface area contributed by atoms with E-state index >= 15 is 0 Å². The molecule has 0 amide bonds. The molecule has 2 heterocycles. The number of methoxy groups -OCH3 is 2. The quantitative estimate of drug-likeness (QED) is 0.676. The summed E-state index contributed by atoms with van der Waals surface area (Å²) in [6.07, 6.45) is 2.07. The number of carbonyl (C=O) groups is 2. The van der Waals surface area contributed by atoms with Crippen LogP contribution in [0.15, 0.2) is 0 Å². The molecule has 1 fully saturated rings. The van der Waals surface area contributed by atoms with E-state index in [1.54, 1.807) is 7.11 Å². The first-order chi connectivity index (χ1) is 9.99. The Labute approximate surface area is 127 Å². The molecule has 116 valence electrons. The SMILES string of the molecule is COC(=O)c1c(N2CCCC(OC)C2)sc(C(C)=O)c1N. The van der Waals surface area contributed by atoms with Crippen LogP contribution in [0.3, 0.4) is 0 Å². The van der Waals surface area contributed by atoms with Crippen LogP contribution in [0.5, 0.6) is 0 Å². The maximum Gasteiger partial charge on any atom is 0.343 e. The normalized spacial score (nSPS) is 18.6. The molecular weight excluding hydrogens is 292 g/mol. The smallest absolute Gasteiger partial charge is 0.343 e. The molecule has 0 radical (unpaired) electrons. The Balaban J connectivity index is 2.44. The maximum absolute atomic E-state index is 12.0. The summed E-state index contributed by atoms with van der Waals surface area (Å²) in [4.78, 5) is 26.2. The third kappa shape index (κ3) is 3.03. The lowest BCUT2D eigenvalue weighted by Gasteiger charge is -2.33. The van der Waals surface area contributed by atoms with Crippen LogP contribution in [0.2, 0.25) is 0 Å². The number of ether oxygens (including phenoxy) is 2. The van der Waals surface area contributed by atoms with E-state index in [1.165, 1.54) is 25.4 Å². The number of ketones is 1. The summed E-state index contributed by atoms with van der Waals surface area (Å²) >= 11 is 1.25. The van der Waals surface area contributed by atoms with Crippen molar-refractivity contribution >= 4 is 33.8 Å². The van der Waals surface area contributed by atoms with Gasteiger partial charge in [-0.2, -0.15) is 0 Å². The first-order valence-corrected chi connectivity index (χ1v) is 7.60. The van der Waals surface area contributed by atoms with E-state index in [4.69, 9.17) is 15.2 Å². The molecule has 1 aliphatic rings. The lowest BCUT2D eigenvalue weighted by Crippen LogP contribution is -2.39. The average molecular weight is 312 g/mol. The van der Waals surface area contributed by atoms with Crippen molar-refractivity contribution in [2.45, 2.75) is 25.9 Å². The largest absolute Gasteiger partial charge is 0.465 e. The van der Waals surface area contributed by atoms with Gasteiger partial charge in [0.15, 0.2) is 5.78 Å². The first kappa shape index (κ1) is 15.8. The van der Waals surface area contributed by atoms with Crippen LogP contribution in [0.4, 0.5) is 10.7 Å². The molecule has 0 saturated carbocycles. The van der Waals surface area contributed by atoms with Crippen LogP contribution in [-0.4, -0.2) is 45.2 Å². The lowest BCUT2D eigenvalue weighted by molar-refractivity contribution is 0.0601. The van der Waals surface area contributed by atoms with Crippen LogP contribution >= 0.6 is 11.3 Å². The minimum Gasteiger partial charge on any atom is -0.465 e. The van der Waals surface area contributed by atoms with Crippen molar-refractivity contribution in [1.82, 2.24) is 0 Å². The highest BCUT2D eigenvalue weighted by atomic mass is 32.1. The Bertz CT molecular complexity index is 555. The molecule has 0 bridgehead atoms. The summed E-state index contributed by atoms with van der Waals surface area (Å²) < 4.78 is 10.2. The van der Waals surface area contributed by atoms with Gasteiger partial charge in [0.2, 0.25) is 0 Å². The van der Waals surface area contributed by atoms with Gasteiger partial charge in [0.1, 0.15) is 10.6 Å². The first-order valence-electron chi connectivity index (χ1n) is 6.78. The Hall–Kier alpha value is -1.60. The van der Waals surface area contributed by atoms with E-state index in [1.807, 2.05) is 0 Å². The third-order valence-corrected chi connectivity index (χ3v) is 5.00. The van der Waals surface area contributed by atoms with Gasteiger partial charge < -0.3 is 20.1 Å². The molecule has 2 rings (SSSR count). The number of piperidine rings is 1. The number of thiophene rings is 1. The van der Waals surface area contributed by atoms with Gasteiger partial charge in [-0.3, -0.25) is 4.79 Å². The van der Waals surface area contributed by atoms with Crippen molar-refractivity contribution in [3.8, 4) is 0 Å². The molecule has 1 unspecified atom stereocenters. The molecule has 21 heavy (non-hydrogen) atoms. The van der Waals surface area contributed by atoms with Crippen molar-refractivity contribution < 1.29 is 19.1 Å². The number of hydrogen-bond acceptors (Lipinski definition) is 7. The monoisotopic (exact) mass is 312 g/mol. The Morgan fingerprint density at radius 3 is 2.67 bits per heavy atom. The highest BCUT2D eigenvalue weighted by Gasteiger charge is 2.30. The minimum absolute atomic E-state index is 0.119. The summed E-state index contributed by atoms with van der Waals surface area (Å²) in [7, 11) is 2.99. The van der Waals surface area contributed by atoms with E-state index in [9.17, 15) is 9.59 Å². The molecule has 1 saturated heterocycles. The molecule has 0 aromatic carbocycles. The lowest BCUT2D eigenvalue weighted by atomic mass is 10.1. The topological polar surface area (TPSA) is 81.9 Å². The van der Waals surface area contributed by atoms with Gasteiger partial charge >= 0.3 is 5.97 Å². The fourth-order valence-corrected chi connectivity index (χ4v) is 3.67. The molecule has 1 atom stereocenters. The molecule has 6 nitrogen and oxygen atoms in total. The zero-order chi connectivity index (χ0) is 15.6. The van der Waals surface area contributed by atoms with Crippen molar-refractivity contribution in [3.05, 3.63) is 10.4 Å². The Morgan fingerprint density at radius 2 is 2.10 bits per heavy atom. The van der Waals surface area contributed by atoms with Gasteiger partial charge in [-0.25, -0.2) is 4.79 Å². The molecule has 7 heteroatoms. The summed E-state index contributed by atoms with van der Waals surface area (Å²) in [5, 5.41) is 0.700. The summed E-state index contributed by atoms with van der Waals surface area (Å²) in [6.45, 7) is 2.93. The van der Waals surface area contributed by atoms with Crippen LogP contribution < -0.4 is 10.6 Å². The number of nitrogens with two attached hydrogens (primary N) is 1. The fraction of sp³-hybridized carbons (Fsp3) is 0.571. The number of nitrogens with zero attached hydrogens (tertiary/aromatic N) is 1. The van der Waals surface area contributed by atoms with Crippen LogP contribution in [0.1, 0.15) is 39.8 Å². The number of nitrogen functional groups attached to an aromatic ring is 1. The molecular formula is C14H20N2O4S. The zero-order valence-electron chi connectivity index (χ0n) is 12.5. The van der Waals surface area contributed by atoms with Crippen molar-refractivity contribution in [3.63, 3.8) is 0 Å². The standard InChI is InChI=1S/C14H20N2O4S/c1-8(17)12-11(15)10(14(18)20-3)13(21-12)16-6-4-5-9(7-16)19-2/h9H,4-7,15H2,1-3H3. The second kappa shape index (κ2) is 6.44. The second-order valence-electron chi connectivity index (χ2n) is 5.02. The number of hydrogen-bond donors (Lipinski definition) is 1. The fourth-order valence-electron chi connectivity index (χ4n) is 2.53. The number of Topliss-reactive ketones (excluding diaryl/α,β-unsaturated/α-hetero) is 1. The molecule has 1 aromatic rings. The van der Waals surface area contributed by atoms with Gasteiger partial charge in [0, 0.05) is 27.1 Å². The van der Waals surface area contributed by atoms with Crippen LogP contribution in [-0.2, 0) is 9.47 Å². The maximum atomic E-state index is 12.0. The number of anilines is 2. The van der Waals surface area contributed by atoms with Crippen LogP contribution in [0.25, 0.3) is 0 Å². The summed E-state index contributed by atoms with van der Waals surface area (Å²) in [5.41, 5.74) is 6.50. The third-order valence-electron chi connectivity index (χ3n) is 3.63. The average Bonchev–Trinajstić information content (AvgIpc) is 2.84. The van der Waals surface area contributed by atoms with E-state index in [-0.39, 0.29) is 17.6 Å². The molecule has 1 aromatic heterocycles. The predicted octanol–water partition coefficient (Wildman–Crippen LogP) is 1.93. The Morgan fingerprint density at radius 1 is 1.38 bits per heavy atom. The van der Waals surface area contributed by atoms with Crippen molar-refractivity contribution in [2.24, 2.45) is 0 Å². The number of rotatable bonds is 4. The highest BCUT2D eigenvalue weighted by Crippen LogP contribution is 2.40. The van der Waals surface area contributed by atoms with Gasteiger partial charge in [-0.15, -0.1) is 11.3 Å². The van der Waals surface area contributed by atoms with Crippen molar-refractivity contribution in [1.29, 1.82) is 0 Å². The number of carbonyl (C=O) groups excluding carboxylic acids is 2. The van der Waals surface area contributed by atoms with E-state index in [0.29, 0.717) is 22.0 Å². The number of esters is 1. The van der Waals surface area contributed by atoms with E-state index < -0.39 is 5.97 Å². The molecule has 0 spiro atoms. The molecule has 0 aliphatic carbocycles. The van der Waals surface area contributed by atoms with Gasteiger partial charge in [-0.05, 0) is 12.8 Å². The Kier molecular flexibility index (Phi) is 4.84. The molecule has 2 N–H and O–H groups in total. The van der Waals surface area contributed by atoms with Crippen LogP contribution in [0, 0.1) is 0 Å². The minimum atomic E-state index is -0.509.